The van der Waals surface area contributed by atoms with Crippen LogP contribution in [0.3, 0.4) is 0 Å². The Labute approximate surface area is 66.5 Å². The zero-order valence-corrected chi connectivity index (χ0v) is 9.02. The molecule has 54 valence electrons. The average Bonchev–Trinajstić information content (AvgIpc) is 1.82. The maximum atomic E-state index is 2.41. The third-order valence-electron chi connectivity index (χ3n) is 1.38. The molecule has 0 aromatic rings. The Bertz CT molecular complexity index is 62.1. The molecule has 0 spiro atoms. The van der Waals surface area contributed by atoms with Gasteiger partial charge in [-0.3, -0.25) is 4.90 Å². The Morgan fingerprint density at radius 1 is 1.22 bits per heavy atom. The number of hydrogen-bond acceptors (Lipinski definition) is 2. The molecule has 0 aromatic carbocycles. The van der Waals surface area contributed by atoms with E-state index in [4.69, 9.17) is 0 Å². The van der Waals surface area contributed by atoms with Crippen molar-refractivity contribution in [2.45, 2.75) is 13.8 Å². The monoisotopic (exact) mass is 144 g/mol. The van der Waals surface area contributed by atoms with Gasteiger partial charge in [-0.25, -0.2) is 0 Å². The van der Waals surface area contributed by atoms with Crippen LogP contribution in [-0.4, -0.2) is 52.1 Å². The van der Waals surface area contributed by atoms with Gasteiger partial charge in [0, 0.05) is 6.67 Å². The van der Waals surface area contributed by atoms with Crippen LogP contribution < -0.4 is 0 Å². The molecule has 9 heavy (non-hydrogen) atoms. The second-order valence-corrected chi connectivity index (χ2v) is 4.05. The van der Waals surface area contributed by atoms with Crippen molar-refractivity contribution in [2.24, 2.45) is 0 Å². The summed E-state index contributed by atoms with van der Waals surface area (Å²) in [6, 6.07) is 0. The first-order valence-corrected chi connectivity index (χ1v) is 4.47. The predicted octanol–water partition coefficient (Wildman–Crippen LogP) is -0.234. The van der Waals surface area contributed by atoms with Crippen LogP contribution in [0.2, 0.25) is 0 Å². The highest BCUT2D eigenvalue weighted by Crippen LogP contribution is 1.85. The first kappa shape index (κ1) is 9.45. The van der Waals surface area contributed by atoms with E-state index in [1.165, 1.54) is 29.6 Å². The van der Waals surface area contributed by atoms with E-state index in [2.05, 4.69) is 29.7 Å². The van der Waals surface area contributed by atoms with Crippen molar-refractivity contribution < 1.29 is 0 Å². The van der Waals surface area contributed by atoms with Crippen molar-refractivity contribution in [3.63, 3.8) is 0 Å². The molecular formula is C6H17AlN2. The van der Waals surface area contributed by atoms with Crippen LogP contribution in [0.4, 0.5) is 0 Å². The van der Waals surface area contributed by atoms with Crippen LogP contribution in [0.25, 0.3) is 0 Å². The van der Waals surface area contributed by atoms with Gasteiger partial charge < -0.3 is 3.88 Å². The maximum absolute atomic E-state index is 2.41. The molecule has 0 rings (SSSR count). The standard InChI is InChI=1S/C6H15N2.Al.2H/c1-4-8(5-2)6-7-3;;;/h4-6H2,1-3H3;;;/q-1;+1;;. The Morgan fingerprint density at radius 2 is 1.67 bits per heavy atom. The highest BCUT2D eigenvalue weighted by atomic mass is 27.1. The SMILES string of the molecule is CCN(CC)C[N](C)[AlH2]. The van der Waals surface area contributed by atoms with Crippen molar-refractivity contribution in [3.8, 4) is 0 Å². The first-order chi connectivity index (χ1) is 4.20. The number of nitrogens with zero attached hydrogens (tertiary/aromatic N) is 2. The molecular weight excluding hydrogens is 127 g/mol. The fraction of sp³-hybridized carbons (Fsp3) is 1.00. The Balaban J connectivity index is 3.31. The van der Waals surface area contributed by atoms with Gasteiger partial charge in [0.1, 0.15) is 0 Å². The molecule has 0 fully saturated rings. The normalized spacial score (nSPS) is 11.2. The average molecular weight is 144 g/mol. The molecule has 0 heterocycles. The van der Waals surface area contributed by atoms with Crippen LogP contribution in [0, 0.1) is 0 Å². The summed E-state index contributed by atoms with van der Waals surface area (Å²) in [5, 5.41) is 0. The summed E-state index contributed by atoms with van der Waals surface area (Å²) in [4.78, 5) is 2.41. The van der Waals surface area contributed by atoms with E-state index in [1.54, 1.807) is 0 Å². The minimum absolute atomic E-state index is 1.14. The lowest BCUT2D eigenvalue weighted by Gasteiger charge is -2.22. The fourth-order valence-corrected chi connectivity index (χ4v) is 1.22. The van der Waals surface area contributed by atoms with Crippen LogP contribution in [0.5, 0.6) is 0 Å². The van der Waals surface area contributed by atoms with E-state index in [0.29, 0.717) is 0 Å². The first-order valence-electron chi connectivity index (χ1n) is 3.57. The molecule has 0 aliphatic rings. The lowest BCUT2D eigenvalue weighted by Crippen LogP contribution is -2.33. The third-order valence-corrected chi connectivity index (χ3v) is 1.66. The Kier molecular flexibility index (Phi) is 5.52. The van der Waals surface area contributed by atoms with Gasteiger partial charge in [-0.2, -0.15) is 0 Å². The van der Waals surface area contributed by atoms with Gasteiger partial charge in [0.05, 0.1) is 0 Å². The molecule has 0 aliphatic heterocycles. The molecule has 0 saturated heterocycles. The molecule has 0 radical (unpaired) electrons. The highest BCUT2D eigenvalue weighted by Gasteiger charge is 1.97. The Hall–Kier alpha value is 0.452. The molecule has 0 saturated carbocycles. The van der Waals surface area contributed by atoms with Gasteiger partial charge in [0.25, 0.3) is 0 Å². The van der Waals surface area contributed by atoms with Crippen molar-refractivity contribution in [1.82, 2.24) is 8.78 Å². The van der Waals surface area contributed by atoms with E-state index in [-0.39, 0.29) is 0 Å². The lowest BCUT2D eigenvalue weighted by molar-refractivity contribution is 0.233. The van der Waals surface area contributed by atoms with Crippen molar-refractivity contribution in [1.29, 1.82) is 0 Å². The summed E-state index contributed by atoms with van der Waals surface area (Å²) in [5.41, 5.74) is 0. The van der Waals surface area contributed by atoms with E-state index in [1.807, 2.05) is 0 Å². The predicted molar refractivity (Wildman–Crippen MR) is 44.1 cm³/mol. The van der Waals surface area contributed by atoms with Crippen molar-refractivity contribution >= 4 is 16.5 Å². The summed E-state index contributed by atoms with van der Waals surface area (Å²) in [6.07, 6.45) is 0. The number of rotatable bonds is 4. The summed E-state index contributed by atoms with van der Waals surface area (Å²) in [5.74, 6) is 0. The topological polar surface area (TPSA) is 6.48 Å². The maximum Gasteiger partial charge on any atom is 0.323 e. The van der Waals surface area contributed by atoms with Gasteiger partial charge in [-0.15, -0.1) is 0 Å². The molecule has 2 nitrogen and oxygen atoms in total. The zero-order chi connectivity index (χ0) is 7.28. The van der Waals surface area contributed by atoms with Gasteiger partial charge in [0.15, 0.2) is 0 Å². The van der Waals surface area contributed by atoms with E-state index >= 15 is 0 Å². The smallest absolute Gasteiger partial charge is 0.323 e. The summed E-state index contributed by atoms with van der Waals surface area (Å²) < 4.78 is 2.33. The molecule has 0 amide bonds. The van der Waals surface area contributed by atoms with Crippen LogP contribution in [0.1, 0.15) is 13.8 Å². The van der Waals surface area contributed by atoms with Gasteiger partial charge >= 0.3 is 16.5 Å². The molecule has 0 atom stereocenters. The highest BCUT2D eigenvalue weighted by molar-refractivity contribution is 6.04. The zero-order valence-electron chi connectivity index (χ0n) is 7.02. The number of hydrogen-bond donors (Lipinski definition) is 0. The summed E-state index contributed by atoms with van der Waals surface area (Å²) >= 11 is 1.17. The van der Waals surface area contributed by atoms with E-state index in [9.17, 15) is 0 Å². The van der Waals surface area contributed by atoms with Gasteiger partial charge in [-0.05, 0) is 20.1 Å². The van der Waals surface area contributed by atoms with Crippen molar-refractivity contribution in [3.05, 3.63) is 0 Å². The lowest BCUT2D eigenvalue weighted by atomic mass is 10.5. The van der Waals surface area contributed by atoms with Gasteiger partial charge in [0.2, 0.25) is 0 Å². The molecule has 0 aliphatic carbocycles. The molecule has 0 aromatic heterocycles. The second kappa shape index (κ2) is 5.25. The van der Waals surface area contributed by atoms with Crippen molar-refractivity contribution in [2.75, 3.05) is 26.8 Å². The summed E-state index contributed by atoms with van der Waals surface area (Å²) in [6.45, 7) is 7.88. The molecule has 0 unspecified atom stereocenters. The van der Waals surface area contributed by atoms with E-state index < -0.39 is 0 Å². The quantitative estimate of drug-likeness (QED) is 0.397. The van der Waals surface area contributed by atoms with E-state index in [0.717, 1.165) is 6.67 Å². The van der Waals surface area contributed by atoms with Crippen LogP contribution in [-0.2, 0) is 0 Å². The van der Waals surface area contributed by atoms with Gasteiger partial charge in [-0.1, -0.05) is 13.8 Å². The fourth-order valence-electron chi connectivity index (χ4n) is 0.824. The van der Waals surface area contributed by atoms with Crippen LogP contribution in [0.15, 0.2) is 0 Å². The van der Waals surface area contributed by atoms with Crippen LogP contribution >= 0.6 is 0 Å². The largest absolute Gasteiger partial charge is 0.381 e. The molecule has 0 N–H and O–H groups in total. The second-order valence-electron chi connectivity index (χ2n) is 2.52. The molecule has 3 heteroatoms. The minimum Gasteiger partial charge on any atom is -0.381 e. The minimum atomic E-state index is 1.14. The summed E-state index contributed by atoms with van der Waals surface area (Å²) in [7, 11) is 2.16. The third kappa shape index (κ3) is 4.93. The Morgan fingerprint density at radius 3 is 1.78 bits per heavy atom. The molecule has 0 bridgehead atoms.